The van der Waals surface area contributed by atoms with Crippen LogP contribution in [0.2, 0.25) is 0 Å². The Labute approximate surface area is 225 Å². The molecular weight excluding hydrogens is 501 g/mol. The minimum atomic E-state index is -0.305. The second-order valence-electron chi connectivity index (χ2n) is 9.58. The summed E-state index contributed by atoms with van der Waals surface area (Å²) in [5.41, 5.74) is 9.28. The predicted octanol–water partition coefficient (Wildman–Crippen LogP) is 3.37. The van der Waals surface area contributed by atoms with Crippen molar-refractivity contribution in [3.05, 3.63) is 71.4 Å². The van der Waals surface area contributed by atoms with Gasteiger partial charge in [0.1, 0.15) is 23.2 Å². The molecule has 0 aliphatic carbocycles. The van der Waals surface area contributed by atoms with Crippen molar-refractivity contribution in [1.29, 1.82) is 0 Å². The summed E-state index contributed by atoms with van der Waals surface area (Å²) in [4.78, 5) is 36.8. The van der Waals surface area contributed by atoms with Crippen LogP contribution in [-0.4, -0.2) is 63.0 Å². The average molecular weight is 532 g/mol. The van der Waals surface area contributed by atoms with E-state index < -0.39 is 0 Å². The smallest absolute Gasteiger partial charge is 0.259 e. The van der Waals surface area contributed by atoms with Crippen molar-refractivity contribution in [1.82, 2.24) is 29.8 Å². The fraction of sp³-hybridized carbons (Fsp3) is 0.321. The molecule has 39 heavy (non-hydrogen) atoms. The summed E-state index contributed by atoms with van der Waals surface area (Å²) >= 11 is 0. The number of carbonyl (C=O) groups excluding carboxylic acids is 2. The Morgan fingerprint density at radius 3 is 2.72 bits per heavy atom. The van der Waals surface area contributed by atoms with E-state index in [9.17, 15) is 14.0 Å². The Morgan fingerprint density at radius 1 is 1.18 bits per heavy atom. The number of piperidine rings is 1. The second kappa shape index (κ2) is 11.1. The van der Waals surface area contributed by atoms with Crippen LogP contribution in [0.15, 0.2) is 48.9 Å². The van der Waals surface area contributed by atoms with Crippen LogP contribution < -0.4 is 15.8 Å². The van der Waals surface area contributed by atoms with Crippen molar-refractivity contribution in [3.63, 3.8) is 0 Å². The van der Waals surface area contributed by atoms with Crippen molar-refractivity contribution in [2.75, 3.05) is 32.5 Å². The molecule has 1 atom stereocenters. The number of aromatic nitrogens is 4. The summed E-state index contributed by atoms with van der Waals surface area (Å²) in [6.07, 6.45) is 5.49. The highest BCUT2D eigenvalue weighted by molar-refractivity contribution is 6.05. The fourth-order valence-corrected chi connectivity index (χ4v) is 5.15. The molecule has 1 aliphatic rings. The quantitative estimate of drug-likeness (QED) is 0.374. The third-order valence-electron chi connectivity index (χ3n) is 6.98. The van der Waals surface area contributed by atoms with Gasteiger partial charge in [0.15, 0.2) is 5.82 Å². The number of carbonyl (C=O) groups is 2. The van der Waals surface area contributed by atoms with Gasteiger partial charge in [0.2, 0.25) is 5.88 Å². The molecule has 202 valence electrons. The minimum Gasteiger partial charge on any atom is -0.480 e. The maximum Gasteiger partial charge on any atom is 0.259 e. The van der Waals surface area contributed by atoms with E-state index in [1.165, 1.54) is 30.1 Å². The van der Waals surface area contributed by atoms with E-state index in [1.54, 1.807) is 30.5 Å². The molecule has 0 bridgehead atoms. The van der Waals surface area contributed by atoms with Gasteiger partial charge in [0.25, 0.3) is 11.8 Å². The van der Waals surface area contributed by atoms with Crippen LogP contribution >= 0.6 is 0 Å². The lowest BCUT2D eigenvalue weighted by molar-refractivity contribution is 0.0669. The van der Waals surface area contributed by atoms with Gasteiger partial charge in [-0.3, -0.25) is 9.59 Å². The van der Waals surface area contributed by atoms with Gasteiger partial charge in [-0.05, 0) is 61.9 Å². The molecule has 2 amide bonds. The number of nitrogens with one attached hydrogen (secondary N) is 1. The molecule has 0 radical (unpaired) electrons. The van der Waals surface area contributed by atoms with Crippen LogP contribution in [0, 0.1) is 11.7 Å². The molecule has 4 aromatic rings. The maximum atomic E-state index is 13.8. The zero-order valence-corrected chi connectivity index (χ0v) is 21.9. The first kappa shape index (κ1) is 26.1. The lowest BCUT2D eigenvalue weighted by atomic mass is 9.91. The number of hydrogen-bond acceptors (Lipinski definition) is 7. The van der Waals surface area contributed by atoms with Crippen molar-refractivity contribution in [2.45, 2.75) is 26.2 Å². The fourth-order valence-electron chi connectivity index (χ4n) is 5.15. The molecule has 5 rings (SSSR count). The van der Waals surface area contributed by atoms with E-state index in [2.05, 4.69) is 20.4 Å². The Balaban J connectivity index is 1.47. The first-order valence-electron chi connectivity index (χ1n) is 12.9. The lowest BCUT2D eigenvalue weighted by Gasteiger charge is -2.33. The van der Waals surface area contributed by atoms with Gasteiger partial charge in [0.05, 0.1) is 18.4 Å². The summed E-state index contributed by atoms with van der Waals surface area (Å²) < 4.78 is 20.3. The first-order valence-corrected chi connectivity index (χ1v) is 12.9. The van der Waals surface area contributed by atoms with E-state index in [1.807, 2.05) is 11.8 Å². The number of methoxy groups -OCH3 is 1. The van der Waals surface area contributed by atoms with Gasteiger partial charge in [-0.25, -0.2) is 18.9 Å². The first-order chi connectivity index (χ1) is 18.9. The zero-order valence-electron chi connectivity index (χ0n) is 21.9. The van der Waals surface area contributed by atoms with Crippen molar-refractivity contribution in [3.8, 4) is 17.1 Å². The minimum absolute atomic E-state index is 0.163. The maximum absolute atomic E-state index is 13.8. The molecule has 1 aliphatic heterocycles. The van der Waals surface area contributed by atoms with Gasteiger partial charge >= 0.3 is 0 Å². The van der Waals surface area contributed by atoms with Crippen LogP contribution in [0.1, 0.15) is 46.0 Å². The molecular formula is C28H30FN7O3. The van der Waals surface area contributed by atoms with E-state index in [-0.39, 0.29) is 35.2 Å². The van der Waals surface area contributed by atoms with Crippen LogP contribution in [0.3, 0.4) is 0 Å². The van der Waals surface area contributed by atoms with Crippen molar-refractivity contribution in [2.24, 2.45) is 5.92 Å². The number of anilines is 1. The van der Waals surface area contributed by atoms with Gasteiger partial charge in [0, 0.05) is 31.4 Å². The molecule has 1 aromatic carbocycles. The Morgan fingerprint density at radius 2 is 1.97 bits per heavy atom. The van der Waals surface area contributed by atoms with Crippen molar-refractivity contribution >= 4 is 23.1 Å². The number of halogens is 1. The number of nitrogens with two attached hydrogens (primary N) is 1. The summed E-state index contributed by atoms with van der Waals surface area (Å²) in [5.74, 6) is -0.130. The average Bonchev–Trinajstić information content (AvgIpc) is 3.35. The summed E-state index contributed by atoms with van der Waals surface area (Å²) in [7, 11) is 1.47. The number of hydrogen-bond donors (Lipinski definition) is 2. The van der Waals surface area contributed by atoms with Crippen LogP contribution in [0.5, 0.6) is 5.88 Å². The number of pyridine rings is 1. The van der Waals surface area contributed by atoms with Crippen LogP contribution in [-0.2, 0) is 6.42 Å². The normalized spacial score (nSPS) is 15.4. The standard InChI is InChI=1S/C28H30FN7O3/c1-3-31-26(37)21-13-23(36-24(21)25(30)33-16-34-36)19-12-22(27(39-2)32-14-19)28(38)35-10-4-5-18(15-35)11-17-6-8-20(29)9-7-17/h6-9,12-14,16,18H,3-5,10-11,15H2,1-2H3,(H,31,37)(H2,30,33,34)/t18-/m0/s1. The molecule has 1 fully saturated rings. The van der Waals surface area contributed by atoms with Gasteiger partial charge in [-0.1, -0.05) is 12.1 Å². The number of nitrogens with zero attached hydrogens (tertiary/aromatic N) is 5. The molecule has 0 saturated carbocycles. The zero-order chi connectivity index (χ0) is 27.5. The summed E-state index contributed by atoms with van der Waals surface area (Å²) in [6, 6.07) is 9.88. The van der Waals surface area contributed by atoms with E-state index >= 15 is 0 Å². The monoisotopic (exact) mass is 531 g/mol. The molecule has 3 aromatic heterocycles. The van der Waals surface area contributed by atoms with Gasteiger partial charge < -0.3 is 20.7 Å². The number of nitrogen functional groups attached to an aromatic ring is 1. The second-order valence-corrected chi connectivity index (χ2v) is 9.58. The molecule has 10 nitrogen and oxygen atoms in total. The van der Waals surface area contributed by atoms with Gasteiger partial charge in [-0.2, -0.15) is 5.10 Å². The predicted molar refractivity (Wildman–Crippen MR) is 144 cm³/mol. The number of rotatable bonds is 7. The number of amides is 2. The van der Waals surface area contributed by atoms with Crippen LogP contribution in [0.25, 0.3) is 16.8 Å². The Kier molecular flexibility index (Phi) is 7.40. The summed E-state index contributed by atoms with van der Waals surface area (Å²) in [5, 5.41) is 7.09. The molecule has 1 saturated heterocycles. The lowest BCUT2D eigenvalue weighted by Crippen LogP contribution is -2.40. The third kappa shape index (κ3) is 5.25. The van der Waals surface area contributed by atoms with Crippen LogP contribution in [0.4, 0.5) is 10.2 Å². The SMILES string of the molecule is CCNC(=O)c1cc(-c2cnc(OC)c(C(=O)N3CCC[C@@H](Cc4ccc(F)cc4)C3)c2)n2ncnc(N)c12. The number of benzene rings is 1. The highest BCUT2D eigenvalue weighted by Crippen LogP contribution is 2.31. The highest BCUT2D eigenvalue weighted by atomic mass is 19.1. The molecule has 4 heterocycles. The number of ether oxygens (including phenoxy) is 1. The number of fused-ring (bicyclic) bond motifs is 1. The molecule has 11 heteroatoms. The van der Waals surface area contributed by atoms with Gasteiger partial charge in [-0.15, -0.1) is 0 Å². The van der Waals surface area contributed by atoms with E-state index in [4.69, 9.17) is 10.5 Å². The van der Waals surface area contributed by atoms with E-state index in [0.717, 1.165) is 24.8 Å². The molecule has 3 N–H and O–H groups in total. The Hall–Kier alpha value is -4.54. The topological polar surface area (TPSA) is 128 Å². The Bertz CT molecular complexity index is 1520. The third-order valence-corrected chi connectivity index (χ3v) is 6.98. The van der Waals surface area contributed by atoms with E-state index in [0.29, 0.717) is 47.5 Å². The van der Waals surface area contributed by atoms with Crippen molar-refractivity contribution < 1.29 is 18.7 Å². The molecule has 0 spiro atoms. The summed E-state index contributed by atoms with van der Waals surface area (Å²) in [6.45, 7) is 3.46. The highest BCUT2D eigenvalue weighted by Gasteiger charge is 2.28. The largest absolute Gasteiger partial charge is 0.480 e. The molecule has 0 unspecified atom stereocenters. The number of likely N-dealkylation sites (tertiary alicyclic amines) is 1.